The van der Waals surface area contributed by atoms with Gasteiger partial charge in [0.25, 0.3) is 0 Å². The van der Waals surface area contributed by atoms with Gasteiger partial charge in [-0.25, -0.2) is 4.79 Å². The fraction of sp³-hybridized carbons (Fsp3) is 0.583. The summed E-state index contributed by atoms with van der Waals surface area (Å²) in [6, 6.07) is 0. The van der Waals surface area contributed by atoms with Gasteiger partial charge in [0.05, 0.1) is 0 Å². The smallest absolute Gasteiger partial charge is 0.328 e. The van der Waals surface area contributed by atoms with Crippen molar-refractivity contribution >= 4 is 5.97 Å². The van der Waals surface area contributed by atoms with Gasteiger partial charge in [-0.15, -0.1) is 0 Å². The summed E-state index contributed by atoms with van der Waals surface area (Å²) in [6.45, 7) is 7.74. The van der Waals surface area contributed by atoms with E-state index in [1.807, 2.05) is 33.8 Å². The minimum Gasteiger partial charge on any atom is -0.480 e. The third kappa shape index (κ3) is 2.48. The van der Waals surface area contributed by atoms with Crippen LogP contribution in [0.3, 0.4) is 0 Å². The molecule has 0 aliphatic heterocycles. The van der Waals surface area contributed by atoms with Gasteiger partial charge in [0, 0.05) is 0 Å². The zero-order valence-electron chi connectivity index (χ0n) is 10.0. The van der Waals surface area contributed by atoms with Gasteiger partial charge in [-0.2, -0.15) is 0 Å². The van der Waals surface area contributed by atoms with E-state index in [1.165, 1.54) is 0 Å². The number of rotatable bonds is 1. The molecule has 3 N–H and O–H groups in total. The summed E-state index contributed by atoms with van der Waals surface area (Å²) in [5.41, 5.74) is 6.49. The Labute approximate surface area is 91.7 Å². The largest absolute Gasteiger partial charge is 0.480 e. The first-order valence-corrected chi connectivity index (χ1v) is 5.41. The van der Waals surface area contributed by atoms with Gasteiger partial charge in [-0.1, -0.05) is 26.0 Å². The van der Waals surface area contributed by atoms with Gasteiger partial charge in [0.15, 0.2) is 0 Å². The summed E-state index contributed by atoms with van der Waals surface area (Å²) < 4.78 is 0. The van der Waals surface area contributed by atoms with Crippen molar-refractivity contribution in [1.82, 2.24) is 0 Å². The number of nitrogens with two attached hydrogens (primary N) is 1. The Morgan fingerprint density at radius 2 is 1.93 bits per heavy atom. The molecule has 0 heterocycles. The quantitative estimate of drug-likeness (QED) is 0.700. The van der Waals surface area contributed by atoms with E-state index >= 15 is 0 Å². The van der Waals surface area contributed by atoms with Crippen molar-refractivity contribution in [1.29, 1.82) is 0 Å². The molecular formula is C12H21NO2. The van der Waals surface area contributed by atoms with Crippen molar-refractivity contribution in [2.24, 2.45) is 5.73 Å². The summed E-state index contributed by atoms with van der Waals surface area (Å²) in [7, 11) is 0. The Hall–Kier alpha value is -1.09. The third-order valence-electron chi connectivity index (χ3n) is 2.63. The topological polar surface area (TPSA) is 63.3 Å². The molecule has 1 atom stereocenters. The lowest BCUT2D eigenvalue weighted by Gasteiger charge is -2.19. The standard InChI is InChI=1S/C10H15NO2.C2H6/c1-3-7-5-6-10(11,9(12)13)8(7)4-2;1-2/h3-4H,5-6,11H2,1-2H3,(H,12,13);1-2H3/b7-3-,8-4+;. The number of carboxylic acid groups (broad SMARTS) is 1. The maximum absolute atomic E-state index is 11.0. The number of aliphatic carboxylic acids is 1. The average molecular weight is 211 g/mol. The Bertz CT molecular complexity index is 292. The molecule has 0 radical (unpaired) electrons. The highest BCUT2D eigenvalue weighted by Gasteiger charge is 2.43. The van der Waals surface area contributed by atoms with Crippen molar-refractivity contribution in [3.8, 4) is 0 Å². The van der Waals surface area contributed by atoms with Crippen LogP contribution in [0, 0.1) is 0 Å². The minimum absolute atomic E-state index is 0.502. The molecule has 1 saturated carbocycles. The summed E-state index contributed by atoms with van der Waals surface area (Å²) in [4.78, 5) is 11.0. The van der Waals surface area contributed by atoms with E-state index in [2.05, 4.69) is 0 Å². The molecule has 0 bridgehead atoms. The van der Waals surface area contributed by atoms with Crippen LogP contribution in [-0.4, -0.2) is 16.6 Å². The van der Waals surface area contributed by atoms with Crippen molar-refractivity contribution in [2.45, 2.75) is 46.1 Å². The molecular weight excluding hydrogens is 190 g/mol. The molecule has 3 nitrogen and oxygen atoms in total. The molecule has 3 heteroatoms. The monoisotopic (exact) mass is 211 g/mol. The second-order valence-electron chi connectivity index (χ2n) is 3.29. The van der Waals surface area contributed by atoms with Crippen molar-refractivity contribution < 1.29 is 9.90 Å². The molecule has 86 valence electrons. The van der Waals surface area contributed by atoms with Gasteiger partial charge in [-0.3, -0.25) is 0 Å². The first-order valence-electron chi connectivity index (χ1n) is 5.41. The van der Waals surface area contributed by atoms with Crippen molar-refractivity contribution in [3.05, 3.63) is 23.3 Å². The Morgan fingerprint density at radius 1 is 1.40 bits per heavy atom. The highest BCUT2D eigenvalue weighted by Crippen LogP contribution is 2.37. The van der Waals surface area contributed by atoms with Crippen molar-refractivity contribution in [2.75, 3.05) is 0 Å². The van der Waals surface area contributed by atoms with Crippen LogP contribution in [-0.2, 0) is 4.79 Å². The van der Waals surface area contributed by atoms with Crippen LogP contribution in [0.25, 0.3) is 0 Å². The van der Waals surface area contributed by atoms with Crippen LogP contribution < -0.4 is 5.73 Å². The molecule has 15 heavy (non-hydrogen) atoms. The lowest BCUT2D eigenvalue weighted by molar-refractivity contribution is -0.141. The summed E-state index contributed by atoms with van der Waals surface area (Å²) in [6.07, 6.45) is 5.00. The van der Waals surface area contributed by atoms with Gasteiger partial charge in [0.2, 0.25) is 0 Å². The highest BCUT2D eigenvalue weighted by molar-refractivity contribution is 5.86. The van der Waals surface area contributed by atoms with Gasteiger partial charge in [0.1, 0.15) is 5.54 Å². The number of carboxylic acids is 1. The van der Waals surface area contributed by atoms with Gasteiger partial charge < -0.3 is 10.8 Å². The van der Waals surface area contributed by atoms with E-state index < -0.39 is 11.5 Å². The maximum Gasteiger partial charge on any atom is 0.328 e. The number of allylic oxidation sites excluding steroid dienone is 2. The van der Waals surface area contributed by atoms with Gasteiger partial charge >= 0.3 is 5.97 Å². The van der Waals surface area contributed by atoms with Crippen LogP contribution in [0.1, 0.15) is 40.5 Å². The van der Waals surface area contributed by atoms with Crippen LogP contribution in [0.4, 0.5) is 0 Å². The molecule has 0 aromatic rings. The molecule has 1 aliphatic carbocycles. The second-order valence-corrected chi connectivity index (χ2v) is 3.29. The molecule has 1 unspecified atom stereocenters. The first-order chi connectivity index (χ1) is 7.06. The van der Waals surface area contributed by atoms with E-state index in [1.54, 1.807) is 6.08 Å². The fourth-order valence-corrected chi connectivity index (χ4v) is 1.85. The average Bonchev–Trinajstić information content (AvgIpc) is 2.59. The van der Waals surface area contributed by atoms with E-state index in [0.717, 1.165) is 17.6 Å². The lowest BCUT2D eigenvalue weighted by atomic mass is 9.92. The van der Waals surface area contributed by atoms with Gasteiger partial charge in [-0.05, 0) is 37.8 Å². The zero-order valence-corrected chi connectivity index (χ0v) is 10.0. The SMILES string of the molecule is C/C=C1/CCC(N)(C(=O)O)/C1=C/C.CC. The Balaban J connectivity index is 0.000000921. The molecule has 1 aliphatic rings. The van der Waals surface area contributed by atoms with Crippen LogP contribution >= 0.6 is 0 Å². The van der Waals surface area contributed by atoms with Crippen molar-refractivity contribution in [3.63, 3.8) is 0 Å². The van der Waals surface area contributed by atoms with E-state index in [0.29, 0.717) is 6.42 Å². The third-order valence-corrected chi connectivity index (χ3v) is 2.63. The summed E-state index contributed by atoms with van der Waals surface area (Å²) in [5.74, 6) is -0.933. The maximum atomic E-state index is 11.0. The van der Waals surface area contributed by atoms with Crippen LogP contribution in [0.5, 0.6) is 0 Å². The molecule has 1 rings (SSSR count). The molecule has 0 amide bonds. The Morgan fingerprint density at radius 3 is 2.27 bits per heavy atom. The molecule has 1 fully saturated rings. The normalized spacial score (nSPS) is 30.2. The molecule has 0 saturated heterocycles. The van der Waals surface area contributed by atoms with E-state index in [4.69, 9.17) is 10.8 Å². The molecule has 0 spiro atoms. The molecule has 0 aromatic carbocycles. The second kappa shape index (κ2) is 5.71. The number of hydrogen-bond acceptors (Lipinski definition) is 2. The predicted molar refractivity (Wildman–Crippen MR) is 62.7 cm³/mol. The highest BCUT2D eigenvalue weighted by atomic mass is 16.4. The van der Waals surface area contributed by atoms with E-state index in [-0.39, 0.29) is 0 Å². The number of carbonyl (C=O) groups is 1. The van der Waals surface area contributed by atoms with Crippen LogP contribution in [0.2, 0.25) is 0 Å². The predicted octanol–water partition coefficient (Wildman–Crippen LogP) is 2.48. The number of hydrogen-bond donors (Lipinski definition) is 2. The minimum atomic E-state index is -1.16. The zero-order chi connectivity index (χ0) is 12.1. The van der Waals surface area contributed by atoms with E-state index in [9.17, 15) is 4.79 Å². The summed E-state index contributed by atoms with van der Waals surface area (Å²) >= 11 is 0. The molecule has 0 aromatic heterocycles. The lowest BCUT2D eigenvalue weighted by Crippen LogP contribution is -2.46. The fourth-order valence-electron chi connectivity index (χ4n) is 1.85. The summed E-state index contributed by atoms with van der Waals surface area (Å²) in [5, 5.41) is 8.99. The first kappa shape index (κ1) is 13.9. The van der Waals surface area contributed by atoms with Crippen LogP contribution in [0.15, 0.2) is 23.3 Å². The Kier molecular flexibility index (Phi) is 5.29.